The number of amides is 2. The summed E-state index contributed by atoms with van der Waals surface area (Å²) >= 11 is 0. The summed E-state index contributed by atoms with van der Waals surface area (Å²) < 4.78 is 12.7. The van der Waals surface area contributed by atoms with Crippen LogP contribution >= 0.6 is 0 Å². The standard InChI is InChI=1S/C14H20FN3O/c1-10(13-4-2-3-9-16-13)17-14(19)18-12-7-5-11(15)6-8-12/h5-8,10,13,16H,2-4,9H2,1H3,(H2,17,18,19). The number of hydrogen-bond acceptors (Lipinski definition) is 2. The molecule has 1 aromatic rings. The predicted octanol–water partition coefficient (Wildman–Crippen LogP) is 2.48. The Morgan fingerprint density at radius 3 is 2.74 bits per heavy atom. The minimum Gasteiger partial charge on any atom is -0.334 e. The molecule has 2 atom stereocenters. The van der Waals surface area contributed by atoms with Crippen molar-refractivity contribution in [2.24, 2.45) is 0 Å². The van der Waals surface area contributed by atoms with Crippen molar-refractivity contribution in [1.29, 1.82) is 0 Å². The monoisotopic (exact) mass is 265 g/mol. The van der Waals surface area contributed by atoms with Gasteiger partial charge >= 0.3 is 6.03 Å². The average Bonchev–Trinajstić information content (AvgIpc) is 2.42. The van der Waals surface area contributed by atoms with Crippen molar-refractivity contribution >= 4 is 11.7 Å². The second-order valence-electron chi connectivity index (χ2n) is 4.95. The minimum atomic E-state index is -0.314. The molecule has 2 amide bonds. The lowest BCUT2D eigenvalue weighted by Crippen LogP contribution is -2.51. The third-order valence-corrected chi connectivity index (χ3v) is 3.41. The van der Waals surface area contributed by atoms with Crippen LogP contribution in [-0.4, -0.2) is 24.7 Å². The fraction of sp³-hybridized carbons (Fsp3) is 0.500. The summed E-state index contributed by atoms with van der Waals surface area (Å²) in [4.78, 5) is 11.8. The Morgan fingerprint density at radius 1 is 1.37 bits per heavy atom. The number of hydrogen-bond donors (Lipinski definition) is 3. The van der Waals surface area contributed by atoms with Crippen molar-refractivity contribution in [3.63, 3.8) is 0 Å². The molecule has 5 heteroatoms. The van der Waals surface area contributed by atoms with E-state index in [-0.39, 0.29) is 17.9 Å². The Kier molecular flexibility index (Phi) is 4.74. The number of carbonyl (C=O) groups excluding carboxylic acids is 1. The molecule has 104 valence electrons. The molecule has 1 aromatic carbocycles. The van der Waals surface area contributed by atoms with Crippen LogP contribution in [0.4, 0.5) is 14.9 Å². The van der Waals surface area contributed by atoms with Gasteiger partial charge in [0, 0.05) is 17.8 Å². The normalized spacial score (nSPS) is 20.6. The van der Waals surface area contributed by atoms with Gasteiger partial charge in [0.1, 0.15) is 5.82 Å². The summed E-state index contributed by atoms with van der Waals surface area (Å²) in [7, 11) is 0. The molecular weight excluding hydrogens is 245 g/mol. The molecule has 0 spiro atoms. The first-order valence-electron chi connectivity index (χ1n) is 6.71. The van der Waals surface area contributed by atoms with Gasteiger partial charge in [0.2, 0.25) is 0 Å². The molecule has 4 nitrogen and oxygen atoms in total. The lowest BCUT2D eigenvalue weighted by molar-refractivity contribution is 0.242. The van der Waals surface area contributed by atoms with Gasteiger partial charge in [-0.05, 0) is 50.6 Å². The maximum absolute atomic E-state index is 12.7. The number of anilines is 1. The molecule has 0 aromatic heterocycles. The lowest BCUT2D eigenvalue weighted by Gasteiger charge is -2.29. The molecule has 3 N–H and O–H groups in total. The first-order valence-corrected chi connectivity index (χ1v) is 6.71. The molecule has 2 rings (SSSR count). The largest absolute Gasteiger partial charge is 0.334 e. The topological polar surface area (TPSA) is 53.2 Å². The zero-order valence-corrected chi connectivity index (χ0v) is 11.1. The molecule has 0 bridgehead atoms. The van der Waals surface area contributed by atoms with E-state index in [1.165, 1.54) is 25.0 Å². The molecule has 1 aliphatic rings. The van der Waals surface area contributed by atoms with Gasteiger partial charge in [-0.3, -0.25) is 0 Å². The molecule has 19 heavy (non-hydrogen) atoms. The quantitative estimate of drug-likeness (QED) is 0.786. The van der Waals surface area contributed by atoms with Crippen molar-refractivity contribution < 1.29 is 9.18 Å². The van der Waals surface area contributed by atoms with Gasteiger partial charge in [-0.15, -0.1) is 0 Å². The summed E-state index contributed by atoms with van der Waals surface area (Å²) in [5, 5.41) is 9.00. The van der Waals surface area contributed by atoms with E-state index in [0.717, 1.165) is 13.0 Å². The van der Waals surface area contributed by atoms with Gasteiger partial charge in [0.25, 0.3) is 0 Å². The Morgan fingerprint density at radius 2 is 2.11 bits per heavy atom. The first kappa shape index (κ1) is 13.8. The molecule has 0 aliphatic carbocycles. The average molecular weight is 265 g/mol. The number of nitrogens with one attached hydrogen (secondary N) is 3. The zero-order valence-electron chi connectivity index (χ0n) is 11.1. The van der Waals surface area contributed by atoms with E-state index in [1.54, 1.807) is 12.1 Å². The summed E-state index contributed by atoms with van der Waals surface area (Å²) in [5.41, 5.74) is 0.586. The third kappa shape index (κ3) is 4.21. The second kappa shape index (κ2) is 6.52. The maximum atomic E-state index is 12.7. The first-order chi connectivity index (χ1) is 9.15. The van der Waals surface area contributed by atoms with Crippen LogP contribution in [0.3, 0.4) is 0 Å². The van der Waals surface area contributed by atoms with Crippen molar-refractivity contribution in [3.05, 3.63) is 30.1 Å². The van der Waals surface area contributed by atoms with E-state index < -0.39 is 0 Å². The highest BCUT2D eigenvalue weighted by atomic mass is 19.1. The highest BCUT2D eigenvalue weighted by Gasteiger charge is 2.20. The molecular formula is C14H20FN3O. The highest BCUT2D eigenvalue weighted by Crippen LogP contribution is 2.11. The molecule has 1 saturated heterocycles. The number of halogens is 1. The van der Waals surface area contributed by atoms with Gasteiger partial charge in [-0.1, -0.05) is 6.42 Å². The summed E-state index contributed by atoms with van der Waals surface area (Å²) in [5.74, 6) is -0.314. The van der Waals surface area contributed by atoms with Crippen LogP contribution in [0, 0.1) is 5.82 Å². The smallest absolute Gasteiger partial charge is 0.319 e. The molecule has 1 aliphatic heterocycles. The van der Waals surface area contributed by atoms with Crippen molar-refractivity contribution in [3.8, 4) is 0 Å². The Hall–Kier alpha value is -1.62. The number of piperidine rings is 1. The van der Waals surface area contributed by atoms with Crippen LogP contribution in [0.25, 0.3) is 0 Å². The van der Waals surface area contributed by atoms with E-state index in [9.17, 15) is 9.18 Å². The van der Waals surface area contributed by atoms with Crippen LogP contribution in [0.15, 0.2) is 24.3 Å². The van der Waals surface area contributed by atoms with E-state index in [4.69, 9.17) is 0 Å². The van der Waals surface area contributed by atoms with E-state index >= 15 is 0 Å². The Balaban J connectivity index is 1.81. The van der Waals surface area contributed by atoms with Crippen molar-refractivity contribution in [1.82, 2.24) is 10.6 Å². The maximum Gasteiger partial charge on any atom is 0.319 e. The van der Waals surface area contributed by atoms with Gasteiger partial charge in [-0.25, -0.2) is 9.18 Å². The fourth-order valence-corrected chi connectivity index (χ4v) is 2.31. The second-order valence-corrected chi connectivity index (χ2v) is 4.95. The van der Waals surface area contributed by atoms with Gasteiger partial charge in [-0.2, -0.15) is 0 Å². The van der Waals surface area contributed by atoms with Crippen molar-refractivity contribution in [2.45, 2.75) is 38.3 Å². The van der Waals surface area contributed by atoms with Gasteiger partial charge in [0.05, 0.1) is 0 Å². The van der Waals surface area contributed by atoms with E-state index in [0.29, 0.717) is 11.7 Å². The molecule has 1 heterocycles. The Bertz CT molecular complexity index is 415. The van der Waals surface area contributed by atoms with Crippen LogP contribution in [0.1, 0.15) is 26.2 Å². The predicted molar refractivity (Wildman–Crippen MR) is 73.7 cm³/mol. The number of urea groups is 1. The molecule has 2 unspecified atom stereocenters. The van der Waals surface area contributed by atoms with Gasteiger partial charge in [0.15, 0.2) is 0 Å². The van der Waals surface area contributed by atoms with Crippen LogP contribution in [-0.2, 0) is 0 Å². The molecule has 0 radical (unpaired) electrons. The molecule has 1 fully saturated rings. The van der Waals surface area contributed by atoms with Crippen LogP contribution in [0.5, 0.6) is 0 Å². The van der Waals surface area contributed by atoms with E-state index in [2.05, 4.69) is 16.0 Å². The summed E-state index contributed by atoms with van der Waals surface area (Å²) in [6.07, 6.45) is 3.48. The minimum absolute atomic E-state index is 0.0701. The summed E-state index contributed by atoms with van der Waals surface area (Å²) in [6.45, 7) is 3.00. The zero-order chi connectivity index (χ0) is 13.7. The third-order valence-electron chi connectivity index (χ3n) is 3.41. The van der Waals surface area contributed by atoms with Crippen LogP contribution in [0.2, 0.25) is 0 Å². The number of carbonyl (C=O) groups is 1. The lowest BCUT2D eigenvalue weighted by atomic mass is 9.99. The number of benzene rings is 1. The SMILES string of the molecule is CC(NC(=O)Nc1ccc(F)cc1)C1CCCCN1. The highest BCUT2D eigenvalue weighted by molar-refractivity contribution is 5.89. The van der Waals surface area contributed by atoms with Gasteiger partial charge < -0.3 is 16.0 Å². The van der Waals surface area contributed by atoms with Crippen molar-refractivity contribution in [2.75, 3.05) is 11.9 Å². The van der Waals surface area contributed by atoms with E-state index in [1.807, 2.05) is 6.92 Å². The Labute approximate surface area is 112 Å². The summed E-state index contributed by atoms with van der Waals surface area (Å²) in [6, 6.07) is 5.86. The number of rotatable bonds is 3. The fourth-order valence-electron chi connectivity index (χ4n) is 2.31. The van der Waals surface area contributed by atoms with Crippen LogP contribution < -0.4 is 16.0 Å². The molecule has 0 saturated carbocycles.